The molecule has 0 saturated carbocycles. The van der Waals surface area contributed by atoms with E-state index in [4.69, 9.17) is 8.83 Å². The summed E-state index contributed by atoms with van der Waals surface area (Å²) >= 11 is 0. The van der Waals surface area contributed by atoms with Crippen LogP contribution in [-0.4, -0.2) is 11.8 Å². The topological polar surface area (TPSA) is 46.5 Å². The minimum absolute atomic E-state index is 0.721. The van der Waals surface area contributed by atoms with Crippen LogP contribution < -0.4 is 21.1 Å². The third-order valence-electron chi connectivity index (χ3n) is 13.8. The standard InChI is InChI=1S/C61H40BN3O2/c1-37-24-27-39(28-25-37)63-52-33-42(64(40-14-4-2-5-15-40)41-16-6-3-7-17-41)29-31-43(52)50-34-48(38-26-30-46-44-18-9-12-22-55(44)66-57(46)32-38)59-47-20-8-11-21-53(47)65-54-35-49-45-19-10-13-23-56(45)67-58(49)36-51(54)62-60(50)61(59)65/h2-36,62-63H,1H3. The Morgan fingerprint density at radius 1 is 0.463 bits per heavy atom. The fourth-order valence-corrected chi connectivity index (χ4v) is 10.8. The zero-order valence-corrected chi connectivity index (χ0v) is 36.6. The van der Waals surface area contributed by atoms with E-state index in [1.807, 2.05) is 12.1 Å². The largest absolute Gasteiger partial charge is 0.456 e. The molecule has 10 aromatic carbocycles. The van der Waals surface area contributed by atoms with Crippen LogP contribution in [0.5, 0.6) is 0 Å². The van der Waals surface area contributed by atoms with E-state index in [1.54, 1.807) is 0 Å². The molecule has 5 nitrogen and oxygen atoms in total. The zero-order valence-electron chi connectivity index (χ0n) is 36.6. The van der Waals surface area contributed by atoms with Crippen LogP contribution in [0.4, 0.5) is 28.4 Å². The number of para-hydroxylation sites is 5. The van der Waals surface area contributed by atoms with E-state index in [9.17, 15) is 0 Å². The summed E-state index contributed by atoms with van der Waals surface area (Å²) in [4.78, 5) is 2.33. The normalized spacial score (nSPS) is 12.1. The Kier molecular flexibility index (Phi) is 8.22. The van der Waals surface area contributed by atoms with Gasteiger partial charge in [0.2, 0.25) is 0 Å². The fraction of sp³-hybridized carbons (Fsp3) is 0.0164. The highest BCUT2D eigenvalue weighted by molar-refractivity contribution is 6.74. The predicted molar refractivity (Wildman–Crippen MR) is 282 cm³/mol. The van der Waals surface area contributed by atoms with Crippen molar-refractivity contribution in [3.05, 3.63) is 218 Å². The monoisotopic (exact) mass is 857 g/mol. The lowest BCUT2D eigenvalue weighted by atomic mass is 9.58. The molecule has 0 bridgehead atoms. The first kappa shape index (κ1) is 37.6. The molecule has 0 spiro atoms. The average molecular weight is 858 g/mol. The summed E-state index contributed by atoms with van der Waals surface area (Å²) in [6.07, 6.45) is 0. The van der Waals surface area contributed by atoms with Gasteiger partial charge in [-0.1, -0.05) is 126 Å². The summed E-state index contributed by atoms with van der Waals surface area (Å²) in [5.74, 6) is 0. The summed E-state index contributed by atoms with van der Waals surface area (Å²) in [6.45, 7) is 2.13. The fourth-order valence-electron chi connectivity index (χ4n) is 10.8. The number of aryl methyl sites for hydroxylation is 1. The van der Waals surface area contributed by atoms with Crippen LogP contribution in [-0.2, 0) is 0 Å². The van der Waals surface area contributed by atoms with Crippen molar-refractivity contribution in [2.24, 2.45) is 0 Å². The van der Waals surface area contributed by atoms with Gasteiger partial charge in [-0.2, -0.15) is 0 Å². The lowest BCUT2D eigenvalue weighted by molar-refractivity contribution is 0.669. The quantitative estimate of drug-likeness (QED) is 0.162. The van der Waals surface area contributed by atoms with E-state index >= 15 is 0 Å². The van der Waals surface area contributed by atoms with Crippen molar-refractivity contribution in [1.82, 2.24) is 4.57 Å². The number of fused-ring (bicyclic) bond motifs is 11. The van der Waals surface area contributed by atoms with Crippen molar-refractivity contribution in [1.29, 1.82) is 0 Å². The van der Waals surface area contributed by atoms with Gasteiger partial charge in [0, 0.05) is 77.5 Å². The number of hydrogen-bond acceptors (Lipinski definition) is 4. The summed E-state index contributed by atoms with van der Waals surface area (Å²) < 4.78 is 15.7. The molecule has 4 heterocycles. The minimum Gasteiger partial charge on any atom is -0.456 e. The maximum absolute atomic E-state index is 6.58. The molecule has 0 atom stereocenters. The molecule has 13 aromatic rings. The van der Waals surface area contributed by atoms with Gasteiger partial charge in [0.25, 0.3) is 0 Å². The summed E-state index contributed by atoms with van der Waals surface area (Å²) in [5, 5.41) is 10.9. The van der Waals surface area contributed by atoms with Crippen molar-refractivity contribution < 1.29 is 8.83 Å². The molecule has 14 rings (SSSR count). The lowest BCUT2D eigenvalue weighted by Gasteiger charge is -2.28. The molecule has 314 valence electrons. The van der Waals surface area contributed by atoms with Crippen molar-refractivity contribution in [2.75, 3.05) is 10.2 Å². The maximum Gasteiger partial charge on any atom is 0.198 e. The molecule has 0 unspecified atom stereocenters. The minimum atomic E-state index is 0.721. The number of anilines is 5. The third kappa shape index (κ3) is 5.89. The van der Waals surface area contributed by atoms with Gasteiger partial charge in [-0.25, -0.2) is 0 Å². The van der Waals surface area contributed by atoms with E-state index in [1.165, 1.54) is 49.5 Å². The number of furan rings is 2. The maximum atomic E-state index is 6.58. The first-order chi connectivity index (χ1) is 33.1. The zero-order chi connectivity index (χ0) is 44.2. The van der Waals surface area contributed by atoms with Crippen LogP contribution in [0, 0.1) is 6.92 Å². The molecule has 67 heavy (non-hydrogen) atoms. The first-order valence-electron chi connectivity index (χ1n) is 22.9. The van der Waals surface area contributed by atoms with Crippen molar-refractivity contribution in [3.8, 4) is 27.9 Å². The van der Waals surface area contributed by atoms with Crippen molar-refractivity contribution in [3.63, 3.8) is 0 Å². The van der Waals surface area contributed by atoms with Crippen molar-refractivity contribution >= 4 is 112 Å². The van der Waals surface area contributed by atoms with Crippen LogP contribution in [0.25, 0.3) is 93.6 Å². The highest BCUT2D eigenvalue weighted by Gasteiger charge is 2.30. The Labute approximate surface area is 387 Å². The Balaban J connectivity index is 1.08. The molecule has 0 radical (unpaired) electrons. The molecule has 6 heteroatoms. The van der Waals surface area contributed by atoms with E-state index in [2.05, 4.69) is 222 Å². The SMILES string of the molecule is Cc1ccc(Nc2cc(N(c3ccccc3)c3ccccc3)ccc2-c2cc(-c3ccc4c(c3)oc3ccccc34)c3c4ccccc4n4c3c2Bc2cc3oc5ccccc5c3cc2-4)cc1. The number of hydrogen-bond donors (Lipinski definition) is 1. The van der Waals surface area contributed by atoms with Gasteiger partial charge in [-0.3, -0.25) is 0 Å². The lowest BCUT2D eigenvalue weighted by Crippen LogP contribution is -2.37. The average Bonchev–Trinajstić information content (AvgIpc) is 4.05. The molecule has 0 amide bonds. The molecule has 0 fully saturated rings. The van der Waals surface area contributed by atoms with Gasteiger partial charge in [-0.15, -0.1) is 0 Å². The third-order valence-corrected chi connectivity index (χ3v) is 13.8. The second-order valence-electron chi connectivity index (χ2n) is 17.8. The number of nitrogens with zero attached hydrogens (tertiary/aromatic N) is 2. The molecule has 0 saturated heterocycles. The van der Waals surface area contributed by atoms with Gasteiger partial charge in [-0.05, 0) is 126 Å². The molecule has 1 aliphatic heterocycles. The van der Waals surface area contributed by atoms with Gasteiger partial charge >= 0.3 is 0 Å². The summed E-state index contributed by atoms with van der Waals surface area (Å²) in [6, 6.07) is 76.3. The van der Waals surface area contributed by atoms with Crippen LogP contribution in [0.15, 0.2) is 221 Å². The Morgan fingerprint density at radius 3 is 1.82 bits per heavy atom. The van der Waals surface area contributed by atoms with Crippen LogP contribution in [0.1, 0.15) is 5.56 Å². The molecule has 0 aliphatic carbocycles. The number of rotatable bonds is 7. The molecule has 1 aliphatic rings. The van der Waals surface area contributed by atoms with Gasteiger partial charge < -0.3 is 23.6 Å². The second-order valence-corrected chi connectivity index (χ2v) is 17.8. The molecule has 3 aromatic heterocycles. The van der Waals surface area contributed by atoms with Crippen LogP contribution in [0.3, 0.4) is 0 Å². The smallest absolute Gasteiger partial charge is 0.198 e. The van der Waals surface area contributed by atoms with E-state index < -0.39 is 0 Å². The molecule has 1 N–H and O–H groups in total. The van der Waals surface area contributed by atoms with Gasteiger partial charge in [0.1, 0.15) is 22.3 Å². The predicted octanol–water partition coefficient (Wildman–Crippen LogP) is 15.1. The van der Waals surface area contributed by atoms with Crippen LogP contribution in [0.2, 0.25) is 0 Å². The highest BCUT2D eigenvalue weighted by atomic mass is 16.3. The van der Waals surface area contributed by atoms with Gasteiger partial charge in [0.05, 0.1) is 5.52 Å². The second kappa shape index (κ2) is 14.6. The Hall–Kier alpha value is -8.74. The van der Waals surface area contributed by atoms with E-state index in [0.29, 0.717) is 0 Å². The summed E-state index contributed by atoms with van der Waals surface area (Å²) in [5.41, 5.74) is 20.6. The molecular weight excluding hydrogens is 818 g/mol. The van der Waals surface area contributed by atoms with Crippen molar-refractivity contribution in [2.45, 2.75) is 6.92 Å². The summed E-state index contributed by atoms with van der Waals surface area (Å²) in [7, 11) is 0.721. The number of nitrogens with one attached hydrogen (secondary N) is 1. The first-order valence-corrected chi connectivity index (χ1v) is 22.9. The Bertz CT molecular complexity index is 4070. The number of aromatic nitrogens is 1. The Morgan fingerprint density at radius 2 is 1.09 bits per heavy atom. The molecular formula is C61H40BN3O2. The van der Waals surface area contributed by atoms with Gasteiger partial charge in [0.15, 0.2) is 7.28 Å². The highest BCUT2D eigenvalue weighted by Crippen LogP contribution is 2.46. The van der Waals surface area contributed by atoms with E-state index in [-0.39, 0.29) is 0 Å². The number of benzene rings is 10. The van der Waals surface area contributed by atoms with E-state index in [0.717, 1.165) is 96.3 Å². The van der Waals surface area contributed by atoms with Crippen LogP contribution >= 0.6 is 0 Å².